The van der Waals surface area contributed by atoms with Gasteiger partial charge in [-0.1, -0.05) is 32.4 Å². The van der Waals surface area contributed by atoms with Gasteiger partial charge in [0.15, 0.2) is 11.5 Å². The van der Waals surface area contributed by atoms with Crippen molar-refractivity contribution >= 4 is 11.6 Å². The SMILES string of the molecule is CCCCOc1ccc(C(=O)Nc2ccc(CC)cc2)cc1OC. The van der Waals surface area contributed by atoms with E-state index in [0.29, 0.717) is 23.7 Å². The quantitative estimate of drug-likeness (QED) is 0.716. The van der Waals surface area contributed by atoms with Gasteiger partial charge < -0.3 is 14.8 Å². The zero-order valence-corrected chi connectivity index (χ0v) is 14.6. The summed E-state index contributed by atoms with van der Waals surface area (Å²) in [6.07, 6.45) is 3.03. The van der Waals surface area contributed by atoms with Crippen molar-refractivity contribution in [3.05, 3.63) is 53.6 Å². The number of hydrogen-bond donors (Lipinski definition) is 1. The summed E-state index contributed by atoms with van der Waals surface area (Å²) in [5.74, 6) is 1.06. The lowest BCUT2D eigenvalue weighted by Gasteiger charge is -2.12. The van der Waals surface area contributed by atoms with Crippen LogP contribution in [0.3, 0.4) is 0 Å². The van der Waals surface area contributed by atoms with Crippen LogP contribution in [0.25, 0.3) is 0 Å². The number of ether oxygens (including phenoxy) is 2. The van der Waals surface area contributed by atoms with Crippen molar-refractivity contribution in [2.24, 2.45) is 0 Å². The van der Waals surface area contributed by atoms with E-state index in [1.165, 1.54) is 5.56 Å². The van der Waals surface area contributed by atoms with Crippen LogP contribution in [0.1, 0.15) is 42.6 Å². The number of nitrogens with one attached hydrogen (secondary N) is 1. The minimum absolute atomic E-state index is 0.169. The van der Waals surface area contributed by atoms with Crippen LogP contribution in [0, 0.1) is 0 Å². The minimum atomic E-state index is -0.169. The summed E-state index contributed by atoms with van der Waals surface area (Å²) in [6, 6.07) is 13.1. The van der Waals surface area contributed by atoms with E-state index in [4.69, 9.17) is 9.47 Å². The lowest BCUT2D eigenvalue weighted by Crippen LogP contribution is -2.12. The lowest BCUT2D eigenvalue weighted by atomic mass is 10.1. The van der Waals surface area contributed by atoms with Crippen LogP contribution in [-0.4, -0.2) is 19.6 Å². The number of amides is 1. The Bertz CT molecular complexity index is 665. The molecule has 0 aromatic heterocycles. The number of aryl methyl sites for hydroxylation is 1. The van der Waals surface area contributed by atoms with E-state index in [2.05, 4.69) is 19.2 Å². The highest BCUT2D eigenvalue weighted by atomic mass is 16.5. The van der Waals surface area contributed by atoms with Gasteiger partial charge in [-0.2, -0.15) is 0 Å². The molecule has 0 saturated heterocycles. The van der Waals surface area contributed by atoms with E-state index in [9.17, 15) is 4.79 Å². The van der Waals surface area contributed by atoms with Gasteiger partial charge in [-0.3, -0.25) is 4.79 Å². The van der Waals surface area contributed by atoms with Crippen molar-refractivity contribution in [1.82, 2.24) is 0 Å². The largest absolute Gasteiger partial charge is 0.493 e. The summed E-state index contributed by atoms with van der Waals surface area (Å²) < 4.78 is 11.0. The highest BCUT2D eigenvalue weighted by molar-refractivity contribution is 6.04. The number of rotatable bonds is 8. The number of methoxy groups -OCH3 is 1. The van der Waals surface area contributed by atoms with Crippen molar-refractivity contribution in [1.29, 1.82) is 0 Å². The number of benzene rings is 2. The summed E-state index contributed by atoms with van der Waals surface area (Å²) in [5.41, 5.74) is 2.55. The molecule has 2 aromatic rings. The Morgan fingerprint density at radius 1 is 1.04 bits per heavy atom. The second-order valence-electron chi connectivity index (χ2n) is 5.57. The molecule has 0 radical (unpaired) electrons. The van der Waals surface area contributed by atoms with Crippen molar-refractivity contribution in [2.75, 3.05) is 19.0 Å². The van der Waals surface area contributed by atoms with Crippen LogP contribution in [0.5, 0.6) is 11.5 Å². The Kier molecular flexibility index (Phi) is 6.67. The van der Waals surface area contributed by atoms with E-state index >= 15 is 0 Å². The first-order chi connectivity index (χ1) is 11.7. The molecular formula is C20H25NO3. The number of carbonyl (C=O) groups is 1. The van der Waals surface area contributed by atoms with Gasteiger partial charge in [0, 0.05) is 11.3 Å². The lowest BCUT2D eigenvalue weighted by molar-refractivity contribution is 0.102. The third-order valence-corrected chi connectivity index (χ3v) is 3.80. The molecule has 2 rings (SSSR count). The van der Waals surface area contributed by atoms with Crippen molar-refractivity contribution in [2.45, 2.75) is 33.1 Å². The predicted molar refractivity (Wildman–Crippen MR) is 97.2 cm³/mol. The molecule has 0 saturated carbocycles. The maximum atomic E-state index is 12.4. The number of hydrogen-bond acceptors (Lipinski definition) is 3. The standard InChI is InChI=1S/C20H25NO3/c1-4-6-13-24-18-12-9-16(14-19(18)23-3)20(22)21-17-10-7-15(5-2)8-11-17/h7-12,14H,4-6,13H2,1-3H3,(H,21,22). The topological polar surface area (TPSA) is 47.6 Å². The van der Waals surface area contributed by atoms with Crippen LogP contribution in [-0.2, 0) is 6.42 Å². The molecule has 4 heteroatoms. The zero-order valence-electron chi connectivity index (χ0n) is 14.6. The fourth-order valence-corrected chi connectivity index (χ4v) is 2.28. The van der Waals surface area contributed by atoms with Gasteiger partial charge in [0.05, 0.1) is 13.7 Å². The van der Waals surface area contributed by atoms with Crippen molar-refractivity contribution in [3.63, 3.8) is 0 Å². The average Bonchev–Trinajstić information content (AvgIpc) is 2.62. The highest BCUT2D eigenvalue weighted by Crippen LogP contribution is 2.28. The minimum Gasteiger partial charge on any atom is -0.493 e. The van der Waals surface area contributed by atoms with Crippen LogP contribution >= 0.6 is 0 Å². The Labute approximate surface area is 143 Å². The second kappa shape index (κ2) is 8.96. The summed E-state index contributed by atoms with van der Waals surface area (Å²) in [6.45, 7) is 4.85. The molecule has 0 bridgehead atoms. The Morgan fingerprint density at radius 3 is 2.42 bits per heavy atom. The van der Waals surface area contributed by atoms with Gasteiger partial charge in [0.25, 0.3) is 5.91 Å². The normalized spacial score (nSPS) is 10.3. The first kappa shape index (κ1) is 17.9. The predicted octanol–water partition coefficient (Wildman–Crippen LogP) is 4.69. The third kappa shape index (κ3) is 4.75. The van der Waals surface area contributed by atoms with Crippen molar-refractivity contribution in [3.8, 4) is 11.5 Å². The Morgan fingerprint density at radius 2 is 1.79 bits per heavy atom. The van der Waals surface area contributed by atoms with Gasteiger partial charge >= 0.3 is 0 Å². The smallest absolute Gasteiger partial charge is 0.255 e. The molecule has 0 fully saturated rings. The molecule has 1 amide bonds. The van der Waals surface area contributed by atoms with Crippen LogP contribution in [0.15, 0.2) is 42.5 Å². The average molecular weight is 327 g/mol. The molecule has 2 aromatic carbocycles. The van der Waals surface area contributed by atoms with Gasteiger partial charge in [-0.05, 0) is 48.7 Å². The van der Waals surface area contributed by atoms with Gasteiger partial charge in [0.2, 0.25) is 0 Å². The highest BCUT2D eigenvalue weighted by Gasteiger charge is 2.11. The summed E-state index contributed by atoms with van der Waals surface area (Å²) in [4.78, 5) is 12.4. The molecule has 128 valence electrons. The Balaban J connectivity index is 2.08. The van der Waals surface area contributed by atoms with E-state index < -0.39 is 0 Å². The Hall–Kier alpha value is -2.49. The van der Waals surface area contributed by atoms with Crippen LogP contribution in [0.2, 0.25) is 0 Å². The third-order valence-electron chi connectivity index (χ3n) is 3.80. The molecule has 0 aliphatic carbocycles. The molecule has 0 unspecified atom stereocenters. The van der Waals surface area contributed by atoms with Crippen molar-refractivity contribution < 1.29 is 14.3 Å². The molecule has 0 aliphatic rings. The van der Waals surface area contributed by atoms with Gasteiger partial charge in [-0.15, -0.1) is 0 Å². The molecule has 0 atom stereocenters. The maximum Gasteiger partial charge on any atom is 0.255 e. The van der Waals surface area contributed by atoms with E-state index in [1.807, 2.05) is 24.3 Å². The maximum absolute atomic E-state index is 12.4. The molecule has 24 heavy (non-hydrogen) atoms. The molecule has 0 spiro atoms. The summed E-state index contributed by atoms with van der Waals surface area (Å²) >= 11 is 0. The zero-order chi connectivity index (χ0) is 17.4. The second-order valence-corrected chi connectivity index (χ2v) is 5.57. The molecule has 0 aliphatic heterocycles. The first-order valence-corrected chi connectivity index (χ1v) is 8.39. The first-order valence-electron chi connectivity index (χ1n) is 8.39. The number of carbonyl (C=O) groups excluding carboxylic acids is 1. The molecule has 4 nitrogen and oxygen atoms in total. The van der Waals surface area contributed by atoms with E-state index in [-0.39, 0.29) is 5.91 Å². The van der Waals surface area contributed by atoms with Crippen LogP contribution in [0.4, 0.5) is 5.69 Å². The number of anilines is 1. The molecular weight excluding hydrogens is 302 g/mol. The van der Waals surface area contributed by atoms with Gasteiger partial charge in [0.1, 0.15) is 0 Å². The van der Waals surface area contributed by atoms with E-state index in [0.717, 1.165) is 24.9 Å². The monoisotopic (exact) mass is 327 g/mol. The molecule has 1 N–H and O–H groups in total. The van der Waals surface area contributed by atoms with E-state index in [1.54, 1.807) is 25.3 Å². The van der Waals surface area contributed by atoms with Gasteiger partial charge in [-0.25, -0.2) is 0 Å². The summed E-state index contributed by atoms with van der Waals surface area (Å²) in [5, 5.41) is 2.90. The number of unbranched alkanes of at least 4 members (excludes halogenated alkanes) is 1. The fraction of sp³-hybridized carbons (Fsp3) is 0.350. The molecule has 0 heterocycles. The fourth-order valence-electron chi connectivity index (χ4n) is 2.28. The summed E-state index contributed by atoms with van der Waals surface area (Å²) in [7, 11) is 1.58. The van der Waals surface area contributed by atoms with Crippen LogP contribution < -0.4 is 14.8 Å².